The summed E-state index contributed by atoms with van der Waals surface area (Å²) in [5.74, 6) is -0.778. The van der Waals surface area contributed by atoms with Crippen LogP contribution in [0.5, 0.6) is 0 Å². The van der Waals surface area contributed by atoms with Crippen LogP contribution in [0.15, 0.2) is 0 Å². The molecule has 0 aromatic rings. The summed E-state index contributed by atoms with van der Waals surface area (Å²) >= 11 is 1.86. The van der Waals surface area contributed by atoms with Crippen LogP contribution in [0.2, 0.25) is 0 Å². The van der Waals surface area contributed by atoms with Crippen LogP contribution in [-0.2, 0) is 4.79 Å². The van der Waals surface area contributed by atoms with E-state index in [9.17, 15) is 14.7 Å². The first-order valence-corrected chi connectivity index (χ1v) is 8.15. The van der Waals surface area contributed by atoms with Gasteiger partial charge in [-0.05, 0) is 31.9 Å². The summed E-state index contributed by atoms with van der Waals surface area (Å²) in [4.78, 5) is 25.0. The topological polar surface area (TPSA) is 69.6 Å². The van der Waals surface area contributed by atoms with Gasteiger partial charge in [-0.1, -0.05) is 6.42 Å². The van der Waals surface area contributed by atoms with E-state index >= 15 is 0 Å². The van der Waals surface area contributed by atoms with Crippen molar-refractivity contribution < 1.29 is 14.7 Å². The van der Waals surface area contributed by atoms with E-state index in [1.165, 1.54) is 0 Å². The molecule has 2 amide bonds. The van der Waals surface area contributed by atoms with E-state index in [2.05, 4.69) is 11.6 Å². The summed E-state index contributed by atoms with van der Waals surface area (Å²) in [7, 11) is 0. The molecule has 2 rings (SSSR count). The van der Waals surface area contributed by atoms with Gasteiger partial charge >= 0.3 is 12.0 Å². The molecule has 0 atom stereocenters. The van der Waals surface area contributed by atoms with Crippen molar-refractivity contribution in [3.8, 4) is 0 Å². The smallest absolute Gasteiger partial charge is 0.317 e. The Morgan fingerprint density at radius 3 is 2.42 bits per heavy atom. The average Bonchev–Trinajstić information content (AvgIpc) is 2.37. The molecule has 1 saturated carbocycles. The fourth-order valence-electron chi connectivity index (χ4n) is 2.72. The number of carbonyl (C=O) groups is 2. The molecule has 0 spiro atoms. The van der Waals surface area contributed by atoms with Crippen LogP contribution >= 0.6 is 11.8 Å². The molecule has 5 nitrogen and oxygen atoms in total. The third-order valence-corrected chi connectivity index (χ3v) is 5.54. The first-order valence-electron chi connectivity index (χ1n) is 6.86. The van der Waals surface area contributed by atoms with Crippen molar-refractivity contribution >= 4 is 23.8 Å². The fourth-order valence-corrected chi connectivity index (χ4v) is 3.40. The van der Waals surface area contributed by atoms with E-state index in [4.69, 9.17) is 0 Å². The van der Waals surface area contributed by atoms with Gasteiger partial charge in [-0.15, -0.1) is 0 Å². The maximum Gasteiger partial charge on any atom is 0.317 e. The Morgan fingerprint density at radius 2 is 2.00 bits per heavy atom. The Morgan fingerprint density at radius 1 is 1.37 bits per heavy atom. The summed E-state index contributed by atoms with van der Waals surface area (Å²) in [5.41, 5.74) is -0.701. The van der Waals surface area contributed by atoms with E-state index in [0.29, 0.717) is 18.1 Å². The number of carboxylic acids is 1. The van der Waals surface area contributed by atoms with Gasteiger partial charge in [0, 0.05) is 24.9 Å². The van der Waals surface area contributed by atoms with Crippen molar-refractivity contribution in [2.75, 3.05) is 25.9 Å². The SMILES string of the molecule is CSC1CCN(C(=O)NCC2(C(=O)O)CCC2)CC1. The van der Waals surface area contributed by atoms with Gasteiger partial charge in [0.2, 0.25) is 0 Å². The highest BCUT2D eigenvalue weighted by Crippen LogP contribution is 2.40. The number of carboxylic acid groups (broad SMARTS) is 1. The predicted molar refractivity (Wildman–Crippen MR) is 75.4 cm³/mol. The number of hydrogen-bond acceptors (Lipinski definition) is 3. The lowest BCUT2D eigenvalue weighted by molar-refractivity contribution is -0.153. The van der Waals surface area contributed by atoms with Crippen molar-refractivity contribution in [3.05, 3.63) is 0 Å². The molecule has 2 fully saturated rings. The molecule has 2 aliphatic rings. The van der Waals surface area contributed by atoms with Gasteiger partial charge in [0.05, 0.1) is 5.41 Å². The Hall–Kier alpha value is -0.910. The second-order valence-electron chi connectivity index (χ2n) is 5.52. The lowest BCUT2D eigenvalue weighted by Gasteiger charge is -2.38. The minimum Gasteiger partial charge on any atom is -0.481 e. The second kappa shape index (κ2) is 6.03. The first kappa shape index (κ1) is 14.5. The lowest BCUT2D eigenvalue weighted by atomic mass is 9.69. The normalized spacial score (nSPS) is 22.7. The number of piperidine rings is 1. The molecule has 0 unspecified atom stereocenters. The van der Waals surface area contributed by atoms with Crippen molar-refractivity contribution in [1.29, 1.82) is 0 Å². The van der Waals surface area contributed by atoms with Crippen LogP contribution in [0.1, 0.15) is 32.1 Å². The fraction of sp³-hybridized carbons (Fsp3) is 0.846. The van der Waals surface area contributed by atoms with Crippen molar-refractivity contribution in [3.63, 3.8) is 0 Å². The van der Waals surface area contributed by atoms with Gasteiger partial charge in [-0.25, -0.2) is 4.79 Å². The third kappa shape index (κ3) is 3.16. The number of hydrogen-bond donors (Lipinski definition) is 2. The van der Waals surface area contributed by atoms with Crippen molar-refractivity contribution in [2.45, 2.75) is 37.4 Å². The van der Waals surface area contributed by atoms with Gasteiger partial charge in [0.1, 0.15) is 0 Å². The number of likely N-dealkylation sites (tertiary alicyclic amines) is 1. The van der Waals surface area contributed by atoms with Crippen molar-refractivity contribution in [2.24, 2.45) is 5.41 Å². The Balaban J connectivity index is 1.77. The number of amides is 2. The molecular weight excluding hydrogens is 264 g/mol. The number of carbonyl (C=O) groups excluding carboxylic acids is 1. The number of nitrogens with one attached hydrogen (secondary N) is 1. The molecule has 19 heavy (non-hydrogen) atoms. The van der Waals surface area contributed by atoms with E-state index in [0.717, 1.165) is 32.4 Å². The Bertz CT molecular complexity index is 350. The van der Waals surface area contributed by atoms with Crippen LogP contribution in [0, 0.1) is 5.41 Å². The summed E-state index contributed by atoms with van der Waals surface area (Å²) in [6.45, 7) is 1.82. The molecule has 1 heterocycles. The minimum atomic E-state index is -0.778. The molecule has 6 heteroatoms. The average molecular weight is 286 g/mol. The molecule has 0 aromatic carbocycles. The van der Waals surface area contributed by atoms with Crippen LogP contribution in [0.3, 0.4) is 0 Å². The van der Waals surface area contributed by atoms with Gasteiger partial charge in [0.15, 0.2) is 0 Å². The van der Waals surface area contributed by atoms with Crippen LogP contribution in [-0.4, -0.2) is 53.1 Å². The Kier molecular flexibility index (Phi) is 4.60. The summed E-state index contributed by atoms with van der Waals surface area (Å²) in [6, 6.07) is -0.105. The molecule has 108 valence electrons. The molecule has 1 aliphatic heterocycles. The molecule has 0 bridgehead atoms. The molecule has 2 N–H and O–H groups in total. The van der Waals surface area contributed by atoms with Gasteiger partial charge in [-0.2, -0.15) is 11.8 Å². The largest absolute Gasteiger partial charge is 0.481 e. The van der Waals surface area contributed by atoms with E-state index in [1.54, 1.807) is 4.90 Å². The number of nitrogens with zero attached hydrogens (tertiary/aromatic N) is 1. The molecule has 1 saturated heterocycles. The van der Waals surface area contributed by atoms with Gasteiger partial charge in [0.25, 0.3) is 0 Å². The highest BCUT2D eigenvalue weighted by molar-refractivity contribution is 7.99. The zero-order valence-electron chi connectivity index (χ0n) is 11.4. The molecule has 1 aliphatic carbocycles. The van der Waals surface area contributed by atoms with Crippen molar-refractivity contribution in [1.82, 2.24) is 10.2 Å². The summed E-state index contributed by atoms with van der Waals surface area (Å²) in [5, 5.41) is 12.7. The molecular formula is C13H22N2O3S. The zero-order valence-corrected chi connectivity index (χ0v) is 12.2. The van der Waals surface area contributed by atoms with Crippen LogP contribution in [0.4, 0.5) is 4.79 Å². The standard InChI is InChI=1S/C13H22N2O3S/c1-19-10-3-7-15(8-4-10)12(18)14-9-13(11(16)17)5-2-6-13/h10H,2-9H2,1H3,(H,14,18)(H,16,17). The zero-order chi connectivity index (χ0) is 13.9. The Labute approximate surface area is 118 Å². The highest BCUT2D eigenvalue weighted by Gasteiger charge is 2.44. The highest BCUT2D eigenvalue weighted by atomic mass is 32.2. The number of thioether (sulfide) groups is 1. The van der Waals surface area contributed by atoms with Crippen LogP contribution < -0.4 is 5.32 Å². The quantitative estimate of drug-likeness (QED) is 0.826. The van der Waals surface area contributed by atoms with Crippen LogP contribution in [0.25, 0.3) is 0 Å². The second-order valence-corrected chi connectivity index (χ2v) is 6.66. The summed E-state index contributed by atoms with van der Waals surface area (Å²) < 4.78 is 0. The lowest BCUT2D eigenvalue weighted by Crippen LogP contribution is -2.52. The first-order chi connectivity index (χ1) is 9.07. The number of aliphatic carboxylic acids is 1. The third-order valence-electron chi connectivity index (χ3n) is 4.40. The summed E-state index contributed by atoms with van der Waals surface area (Å²) in [6.07, 6.45) is 6.46. The van der Waals surface area contributed by atoms with E-state index in [-0.39, 0.29) is 12.6 Å². The molecule has 0 aromatic heterocycles. The molecule has 0 radical (unpaired) electrons. The maximum atomic E-state index is 12.0. The van der Waals surface area contributed by atoms with Gasteiger partial charge < -0.3 is 15.3 Å². The monoisotopic (exact) mass is 286 g/mol. The van der Waals surface area contributed by atoms with E-state index in [1.807, 2.05) is 11.8 Å². The number of rotatable bonds is 4. The van der Waals surface area contributed by atoms with E-state index < -0.39 is 11.4 Å². The number of urea groups is 1. The minimum absolute atomic E-state index is 0.105. The maximum absolute atomic E-state index is 12.0. The van der Waals surface area contributed by atoms with Gasteiger partial charge in [-0.3, -0.25) is 4.79 Å². The predicted octanol–water partition coefficient (Wildman–Crippen LogP) is 1.78.